The Labute approximate surface area is 121 Å². The third kappa shape index (κ3) is 1.89. The van der Waals surface area contributed by atoms with Crippen LogP contribution in [0.5, 0.6) is 0 Å². The van der Waals surface area contributed by atoms with Gasteiger partial charge < -0.3 is 5.73 Å². The molecular weight excluding hydrogens is 242 g/mol. The van der Waals surface area contributed by atoms with E-state index in [1.54, 1.807) is 0 Å². The summed E-state index contributed by atoms with van der Waals surface area (Å²) in [6.45, 7) is 8.90. The highest BCUT2D eigenvalue weighted by atomic mass is 14.6. The molecular formula is C19H23N. The van der Waals surface area contributed by atoms with Gasteiger partial charge in [0.25, 0.3) is 0 Å². The van der Waals surface area contributed by atoms with Crippen molar-refractivity contribution in [1.82, 2.24) is 0 Å². The van der Waals surface area contributed by atoms with Crippen LogP contribution in [0.2, 0.25) is 0 Å². The second kappa shape index (κ2) is 4.75. The summed E-state index contributed by atoms with van der Waals surface area (Å²) in [6, 6.07) is 9.15. The van der Waals surface area contributed by atoms with Gasteiger partial charge in [0, 0.05) is 6.04 Å². The first-order valence-electron chi connectivity index (χ1n) is 7.46. The lowest BCUT2D eigenvalue weighted by Crippen LogP contribution is -2.05. The molecule has 1 aliphatic carbocycles. The molecule has 1 heteroatoms. The fraction of sp³-hybridized carbons (Fsp3) is 0.368. The van der Waals surface area contributed by atoms with Crippen molar-refractivity contribution >= 4 is 0 Å². The van der Waals surface area contributed by atoms with Crippen molar-refractivity contribution in [2.75, 3.05) is 0 Å². The van der Waals surface area contributed by atoms with Crippen molar-refractivity contribution in [2.45, 2.75) is 46.6 Å². The summed E-state index contributed by atoms with van der Waals surface area (Å²) in [6.07, 6.45) is 2.19. The lowest BCUT2D eigenvalue weighted by Gasteiger charge is -2.18. The zero-order chi connectivity index (χ0) is 14.4. The molecule has 0 unspecified atom stereocenters. The number of benzene rings is 2. The van der Waals surface area contributed by atoms with Gasteiger partial charge in [0.15, 0.2) is 0 Å². The van der Waals surface area contributed by atoms with Crippen LogP contribution in [0.4, 0.5) is 0 Å². The Morgan fingerprint density at radius 2 is 1.75 bits per heavy atom. The molecule has 0 aliphatic heterocycles. The van der Waals surface area contributed by atoms with E-state index in [-0.39, 0.29) is 6.04 Å². The Hall–Kier alpha value is -1.60. The minimum atomic E-state index is 0.220. The summed E-state index contributed by atoms with van der Waals surface area (Å²) in [5.41, 5.74) is 17.4. The minimum Gasteiger partial charge on any atom is -0.324 e. The third-order valence-electron chi connectivity index (χ3n) is 4.94. The van der Waals surface area contributed by atoms with E-state index < -0.39 is 0 Å². The quantitative estimate of drug-likeness (QED) is 0.805. The Balaban J connectivity index is 2.29. The minimum absolute atomic E-state index is 0.220. The van der Waals surface area contributed by atoms with E-state index in [2.05, 4.69) is 52.0 Å². The van der Waals surface area contributed by atoms with Crippen LogP contribution in [0.15, 0.2) is 24.3 Å². The zero-order valence-corrected chi connectivity index (χ0v) is 12.9. The van der Waals surface area contributed by atoms with Gasteiger partial charge in [-0.2, -0.15) is 0 Å². The van der Waals surface area contributed by atoms with Gasteiger partial charge in [-0.3, -0.25) is 0 Å². The first kappa shape index (κ1) is 13.4. The number of nitrogens with two attached hydrogens (primary N) is 1. The molecule has 3 rings (SSSR count). The van der Waals surface area contributed by atoms with Crippen molar-refractivity contribution in [3.05, 3.63) is 57.6 Å². The number of hydrogen-bond acceptors (Lipinski definition) is 1. The van der Waals surface area contributed by atoms with Crippen LogP contribution in [0.25, 0.3) is 11.1 Å². The third-order valence-corrected chi connectivity index (χ3v) is 4.94. The highest BCUT2D eigenvalue weighted by Crippen LogP contribution is 2.39. The van der Waals surface area contributed by atoms with Crippen LogP contribution in [0, 0.1) is 27.7 Å². The van der Waals surface area contributed by atoms with Crippen molar-refractivity contribution in [2.24, 2.45) is 5.73 Å². The molecule has 0 fully saturated rings. The summed E-state index contributed by atoms with van der Waals surface area (Å²) < 4.78 is 0. The maximum absolute atomic E-state index is 6.22. The van der Waals surface area contributed by atoms with Gasteiger partial charge in [-0.1, -0.05) is 24.3 Å². The van der Waals surface area contributed by atoms with Gasteiger partial charge in [0.1, 0.15) is 0 Å². The number of hydrogen-bond donors (Lipinski definition) is 1. The molecule has 1 atom stereocenters. The van der Waals surface area contributed by atoms with E-state index >= 15 is 0 Å². The molecule has 0 aromatic heterocycles. The Bertz CT molecular complexity index is 683. The predicted octanol–water partition coefficient (Wildman–Crippen LogP) is 4.53. The maximum Gasteiger partial charge on any atom is 0.0300 e. The van der Waals surface area contributed by atoms with E-state index in [4.69, 9.17) is 5.73 Å². The molecule has 0 saturated carbocycles. The molecule has 2 N–H and O–H groups in total. The van der Waals surface area contributed by atoms with Gasteiger partial charge in [0.05, 0.1) is 0 Å². The molecule has 2 aromatic carbocycles. The van der Waals surface area contributed by atoms with Crippen molar-refractivity contribution in [3.63, 3.8) is 0 Å². The van der Waals surface area contributed by atoms with Crippen molar-refractivity contribution < 1.29 is 0 Å². The van der Waals surface area contributed by atoms with E-state index in [1.165, 1.54) is 44.5 Å². The highest BCUT2D eigenvalue weighted by molar-refractivity contribution is 5.77. The van der Waals surface area contributed by atoms with Crippen LogP contribution in [-0.2, 0) is 6.42 Å². The first-order valence-corrected chi connectivity index (χ1v) is 7.46. The van der Waals surface area contributed by atoms with Gasteiger partial charge in [-0.15, -0.1) is 0 Å². The average Bonchev–Trinajstić information content (AvgIpc) is 2.79. The van der Waals surface area contributed by atoms with Crippen LogP contribution >= 0.6 is 0 Å². The normalized spacial score (nSPS) is 17.4. The number of fused-ring (bicyclic) bond motifs is 1. The number of aryl methyl sites for hydroxylation is 2. The van der Waals surface area contributed by atoms with Crippen LogP contribution in [0.1, 0.15) is 45.8 Å². The van der Waals surface area contributed by atoms with Gasteiger partial charge >= 0.3 is 0 Å². The molecule has 1 aliphatic rings. The molecule has 0 amide bonds. The molecule has 20 heavy (non-hydrogen) atoms. The van der Waals surface area contributed by atoms with Gasteiger partial charge in [0.2, 0.25) is 0 Å². The molecule has 0 bridgehead atoms. The summed E-state index contributed by atoms with van der Waals surface area (Å²) >= 11 is 0. The predicted molar refractivity (Wildman–Crippen MR) is 86.1 cm³/mol. The summed E-state index contributed by atoms with van der Waals surface area (Å²) in [4.78, 5) is 0. The first-order chi connectivity index (χ1) is 9.50. The largest absolute Gasteiger partial charge is 0.324 e. The Morgan fingerprint density at radius 3 is 2.50 bits per heavy atom. The van der Waals surface area contributed by atoms with Gasteiger partial charge in [-0.25, -0.2) is 0 Å². The van der Waals surface area contributed by atoms with Gasteiger partial charge in [-0.05, 0) is 85.0 Å². The molecule has 2 aromatic rings. The maximum atomic E-state index is 6.22. The lowest BCUT2D eigenvalue weighted by atomic mass is 9.87. The standard InChI is InChI=1S/C19H23N/c1-11-10-12(2)19(14(4)13(11)3)17-7-5-6-16-15(17)8-9-18(16)20/h5-7,10,18H,8-9,20H2,1-4H3/t18-/m1/s1. The van der Waals surface area contributed by atoms with Crippen molar-refractivity contribution in [3.8, 4) is 11.1 Å². The van der Waals surface area contributed by atoms with Crippen LogP contribution in [0.3, 0.4) is 0 Å². The van der Waals surface area contributed by atoms with E-state index in [9.17, 15) is 0 Å². The summed E-state index contributed by atoms with van der Waals surface area (Å²) in [5.74, 6) is 0. The number of rotatable bonds is 1. The average molecular weight is 265 g/mol. The molecule has 0 heterocycles. The van der Waals surface area contributed by atoms with Crippen molar-refractivity contribution in [1.29, 1.82) is 0 Å². The molecule has 0 spiro atoms. The highest BCUT2D eigenvalue weighted by Gasteiger charge is 2.23. The fourth-order valence-electron chi connectivity index (χ4n) is 3.62. The topological polar surface area (TPSA) is 26.0 Å². The second-order valence-electron chi connectivity index (χ2n) is 6.15. The molecule has 0 radical (unpaired) electrons. The van der Waals surface area contributed by atoms with E-state index in [0.717, 1.165) is 12.8 Å². The lowest BCUT2D eigenvalue weighted by molar-refractivity contribution is 0.713. The molecule has 104 valence electrons. The Morgan fingerprint density at radius 1 is 1.00 bits per heavy atom. The second-order valence-corrected chi connectivity index (χ2v) is 6.15. The Kier molecular flexibility index (Phi) is 3.18. The smallest absolute Gasteiger partial charge is 0.0300 e. The fourth-order valence-corrected chi connectivity index (χ4v) is 3.62. The summed E-state index contributed by atoms with van der Waals surface area (Å²) in [7, 11) is 0. The monoisotopic (exact) mass is 265 g/mol. The van der Waals surface area contributed by atoms with Crippen LogP contribution in [-0.4, -0.2) is 0 Å². The van der Waals surface area contributed by atoms with Crippen LogP contribution < -0.4 is 5.73 Å². The SMILES string of the molecule is Cc1cc(C)c(-c2cccc3c2CC[C@H]3N)c(C)c1C. The summed E-state index contributed by atoms with van der Waals surface area (Å²) in [5, 5.41) is 0. The zero-order valence-electron chi connectivity index (χ0n) is 12.9. The molecule has 0 saturated heterocycles. The van der Waals surface area contributed by atoms with E-state index in [0.29, 0.717) is 0 Å². The molecule has 1 nitrogen and oxygen atoms in total. The van der Waals surface area contributed by atoms with E-state index in [1.807, 2.05) is 0 Å².